The highest BCUT2D eigenvalue weighted by Crippen LogP contribution is 2.27. The van der Waals surface area contributed by atoms with Gasteiger partial charge in [0.2, 0.25) is 0 Å². The van der Waals surface area contributed by atoms with Crippen LogP contribution >= 0.6 is 0 Å². The molecule has 0 saturated heterocycles. The summed E-state index contributed by atoms with van der Waals surface area (Å²) in [5.74, 6) is -1.66. The number of halogens is 2. The molecule has 1 N–H and O–H groups in total. The molecule has 90 valence electrons. The number of aromatic amines is 1. The summed E-state index contributed by atoms with van der Waals surface area (Å²) in [6.07, 6.45) is 0. The van der Waals surface area contributed by atoms with Crippen molar-refractivity contribution in [1.82, 2.24) is 4.98 Å². The second-order valence-corrected chi connectivity index (χ2v) is 4.35. The monoisotopic (exact) mass is 243 g/mol. The van der Waals surface area contributed by atoms with E-state index >= 15 is 0 Å². The Hall–Kier alpha value is -2.16. The van der Waals surface area contributed by atoms with Crippen LogP contribution in [-0.4, -0.2) is 4.98 Å². The van der Waals surface area contributed by atoms with E-state index in [2.05, 4.69) is 4.98 Å². The van der Waals surface area contributed by atoms with Gasteiger partial charge in [0.1, 0.15) is 0 Å². The summed E-state index contributed by atoms with van der Waals surface area (Å²) in [5, 5.41) is 1.09. The fourth-order valence-electron chi connectivity index (χ4n) is 2.13. The van der Waals surface area contributed by atoms with Crippen LogP contribution in [0.25, 0.3) is 22.2 Å². The standard InChI is InChI=1S/C15H11F2N/c1-9-3-2-4-14-11(9)8-15(18-14)10-5-6-12(16)13(17)7-10/h2-8,18H,1H3. The summed E-state index contributed by atoms with van der Waals surface area (Å²) in [6, 6.07) is 11.8. The summed E-state index contributed by atoms with van der Waals surface area (Å²) in [5.41, 5.74) is 3.58. The molecule has 0 bridgehead atoms. The van der Waals surface area contributed by atoms with Gasteiger partial charge >= 0.3 is 0 Å². The maximum absolute atomic E-state index is 13.2. The number of aryl methyl sites for hydroxylation is 1. The zero-order valence-corrected chi connectivity index (χ0v) is 9.80. The van der Waals surface area contributed by atoms with Crippen molar-refractivity contribution in [2.45, 2.75) is 6.92 Å². The van der Waals surface area contributed by atoms with Crippen molar-refractivity contribution in [2.75, 3.05) is 0 Å². The molecule has 1 nitrogen and oxygen atoms in total. The van der Waals surface area contributed by atoms with Crippen molar-refractivity contribution in [2.24, 2.45) is 0 Å². The average molecular weight is 243 g/mol. The number of H-pyrrole nitrogens is 1. The molecule has 0 unspecified atom stereocenters. The second kappa shape index (κ2) is 3.95. The number of aromatic nitrogens is 1. The van der Waals surface area contributed by atoms with Gasteiger partial charge in [-0.3, -0.25) is 0 Å². The number of hydrogen-bond donors (Lipinski definition) is 1. The van der Waals surface area contributed by atoms with E-state index in [-0.39, 0.29) is 0 Å². The number of rotatable bonds is 1. The lowest BCUT2D eigenvalue weighted by Crippen LogP contribution is -1.85. The van der Waals surface area contributed by atoms with Crippen LogP contribution in [0, 0.1) is 18.6 Å². The third-order valence-electron chi connectivity index (χ3n) is 3.11. The van der Waals surface area contributed by atoms with Gasteiger partial charge in [0.25, 0.3) is 0 Å². The third-order valence-corrected chi connectivity index (χ3v) is 3.11. The second-order valence-electron chi connectivity index (χ2n) is 4.35. The molecule has 3 aromatic rings. The maximum Gasteiger partial charge on any atom is 0.159 e. The molecule has 1 aromatic heterocycles. The van der Waals surface area contributed by atoms with Crippen LogP contribution < -0.4 is 0 Å². The molecular weight excluding hydrogens is 232 g/mol. The molecule has 0 aliphatic heterocycles. The molecule has 3 rings (SSSR count). The van der Waals surface area contributed by atoms with E-state index in [0.717, 1.165) is 28.2 Å². The van der Waals surface area contributed by atoms with Crippen molar-refractivity contribution in [3.8, 4) is 11.3 Å². The molecule has 1 heterocycles. The summed E-state index contributed by atoms with van der Waals surface area (Å²) >= 11 is 0. The first-order valence-corrected chi connectivity index (χ1v) is 5.69. The molecule has 0 fully saturated rings. The van der Waals surface area contributed by atoms with Gasteiger partial charge in [0, 0.05) is 22.2 Å². The molecule has 0 radical (unpaired) electrons. The van der Waals surface area contributed by atoms with E-state index in [9.17, 15) is 8.78 Å². The predicted molar refractivity (Wildman–Crippen MR) is 68.4 cm³/mol. The summed E-state index contributed by atoms with van der Waals surface area (Å²) in [6.45, 7) is 2.02. The zero-order valence-electron chi connectivity index (χ0n) is 9.80. The smallest absolute Gasteiger partial charge is 0.159 e. The highest BCUT2D eigenvalue weighted by Gasteiger charge is 2.08. The highest BCUT2D eigenvalue weighted by molar-refractivity contribution is 5.88. The Morgan fingerprint density at radius 2 is 1.78 bits per heavy atom. The van der Waals surface area contributed by atoms with Crippen LogP contribution in [0.4, 0.5) is 8.78 Å². The molecule has 0 aliphatic carbocycles. The van der Waals surface area contributed by atoms with E-state index in [1.807, 2.05) is 31.2 Å². The lowest BCUT2D eigenvalue weighted by molar-refractivity contribution is 0.509. The van der Waals surface area contributed by atoms with Gasteiger partial charge in [-0.15, -0.1) is 0 Å². The molecular formula is C15H11F2N. The minimum atomic E-state index is -0.831. The normalized spacial score (nSPS) is 11.1. The summed E-state index contributed by atoms with van der Waals surface area (Å²) < 4.78 is 26.1. The maximum atomic E-state index is 13.2. The SMILES string of the molecule is Cc1cccc2[nH]c(-c3ccc(F)c(F)c3)cc12. The lowest BCUT2D eigenvalue weighted by Gasteiger charge is -1.98. The molecule has 0 atom stereocenters. The molecule has 0 spiro atoms. The largest absolute Gasteiger partial charge is 0.355 e. The Labute approximate surface area is 103 Å². The average Bonchev–Trinajstić information content (AvgIpc) is 2.78. The predicted octanol–water partition coefficient (Wildman–Crippen LogP) is 4.42. The quantitative estimate of drug-likeness (QED) is 0.651. The van der Waals surface area contributed by atoms with Crippen LogP contribution in [0.1, 0.15) is 5.56 Å². The van der Waals surface area contributed by atoms with Crippen molar-refractivity contribution in [1.29, 1.82) is 0 Å². The minimum absolute atomic E-state index is 0.643. The van der Waals surface area contributed by atoms with Gasteiger partial charge in [-0.05, 0) is 42.8 Å². The van der Waals surface area contributed by atoms with E-state index in [4.69, 9.17) is 0 Å². The first kappa shape index (κ1) is 11.0. The first-order chi connectivity index (χ1) is 8.65. The zero-order chi connectivity index (χ0) is 12.7. The fraction of sp³-hybridized carbons (Fsp3) is 0.0667. The fourth-order valence-corrected chi connectivity index (χ4v) is 2.13. The van der Waals surface area contributed by atoms with Crippen molar-refractivity contribution in [3.63, 3.8) is 0 Å². The van der Waals surface area contributed by atoms with Crippen molar-refractivity contribution in [3.05, 3.63) is 59.7 Å². The van der Waals surface area contributed by atoms with Crippen molar-refractivity contribution >= 4 is 10.9 Å². The minimum Gasteiger partial charge on any atom is -0.355 e. The van der Waals surface area contributed by atoms with Gasteiger partial charge in [0.05, 0.1) is 0 Å². The number of nitrogens with one attached hydrogen (secondary N) is 1. The Morgan fingerprint density at radius 3 is 2.50 bits per heavy atom. The summed E-state index contributed by atoms with van der Waals surface area (Å²) in [7, 11) is 0. The number of hydrogen-bond acceptors (Lipinski definition) is 0. The molecule has 2 aromatic carbocycles. The third kappa shape index (κ3) is 1.68. The van der Waals surface area contributed by atoms with Crippen molar-refractivity contribution < 1.29 is 8.78 Å². The molecule has 18 heavy (non-hydrogen) atoms. The van der Waals surface area contributed by atoms with Gasteiger partial charge in [-0.2, -0.15) is 0 Å². The number of benzene rings is 2. The van der Waals surface area contributed by atoms with Crippen LogP contribution in [0.2, 0.25) is 0 Å². The van der Waals surface area contributed by atoms with Crippen LogP contribution in [-0.2, 0) is 0 Å². The van der Waals surface area contributed by atoms with E-state index in [1.165, 1.54) is 6.07 Å². The Kier molecular flexibility index (Phi) is 2.40. The topological polar surface area (TPSA) is 15.8 Å². The van der Waals surface area contributed by atoms with Gasteiger partial charge in [-0.25, -0.2) is 8.78 Å². The Balaban J connectivity index is 2.19. The van der Waals surface area contributed by atoms with E-state index in [1.54, 1.807) is 6.07 Å². The van der Waals surface area contributed by atoms with Crippen LogP contribution in [0.3, 0.4) is 0 Å². The molecule has 0 amide bonds. The van der Waals surface area contributed by atoms with Crippen LogP contribution in [0.5, 0.6) is 0 Å². The first-order valence-electron chi connectivity index (χ1n) is 5.69. The van der Waals surface area contributed by atoms with Gasteiger partial charge in [0.15, 0.2) is 11.6 Å². The molecule has 0 aliphatic rings. The lowest BCUT2D eigenvalue weighted by atomic mass is 10.1. The number of fused-ring (bicyclic) bond motifs is 1. The van der Waals surface area contributed by atoms with Gasteiger partial charge in [-0.1, -0.05) is 12.1 Å². The summed E-state index contributed by atoms with van der Waals surface area (Å²) in [4.78, 5) is 3.21. The van der Waals surface area contributed by atoms with E-state index in [0.29, 0.717) is 5.56 Å². The van der Waals surface area contributed by atoms with Gasteiger partial charge < -0.3 is 4.98 Å². The molecule has 0 saturated carbocycles. The Morgan fingerprint density at radius 1 is 0.944 bits per heavy atom. The molecule has 3 heteroatoms. The van der Waals surface area contributed by atoms with E-state index < -0.39 is 11.6 Å². The van der Waals surface area contributed by atoms with Crippen LogP contribution in [0.15, 0.2) is 42.5 Å². The highest BCUT2D eigenvalue weighted by atomic mass is 19.2. The Bertz CT molecular complexity index is 728.